The summed E-state index contributed by atoms with van der Waals surface area (Å²) in [6.45, 7) is 3.52. The summed E-state index contributed by atoms with van der Waals surface area (Å²) < 4.78 is 7.64. The second-order valence-corrected chi connectivity index (χ2v) is 3.66. The van der Waals surface area contributed by atoms with E-state index in [9.17, 15) is 0 Å². The number of benzene rings is 1. The Morgan fingerprint density at radius 2 is 2.25 bits per heavy atom. The van der Waals surface area contributed by atoms with Gasteiger partial charge in [0, 0.05) is 6.07 Å². The molecule has 82 valence electrons. The predicted molar refractivity (Wildman–Crippen MR) is 61.1 cm³/mol. The molecule has 1 aromatic heterocycles. The summed E-state index contributed by atoms with van der Waals surface area (Å²) in [6, 6.07) is 9.98. The Bertz CT molecular complexity index is 443. The summed E-state index contributed by atoms with van der Waals surface area (Å²) in [5, 5.41) is 0. The van der Waals surface area contributed by atoms with Gasteiger partial charge in [0.25, 0.3) is 6.33 Å². The smallest absolute Gasteiger partial charge is 0.286 e. The molecule has 0 saturated carbocycles. The number of hydrogen-bond acceptors (Lipinski definition) is 2. The van der Waals surface area contributed by atoms with E-state index in [4.69, 9.17) is 4.74 Å². The molecule has 3 nitrogen and oxygen atoms in total. The molecule has 0 spiro atoms. The van der Waals surface area contributed by atoms with Crippen molar-refractivity contribution in [1.82, 2.24) is 4.98 Å². The fraction of sp³-hybridized carbons (Fsp3) is 0.231. The molecule has 0 unspecified atom stereocenters. The minimum atomic E-state index is 0.653. The highest BCUT2D eigenvalue weighted by atomic mass is 16.5. The largest absolute Gasteiger partial charge is 0.489 e. The van der Waals surface area contributed by atoms with E-state index < -0.39 is 0 Å². The first kappa shape index (κ1) is 10.6. The molecule has 1 aromatic carbocycles. The van der Waals surface area contributed by atoms with Crippen LogP contribution in [0.2, 0.25) is 0 Å². The van der Waals surface area contributed by atoms with E-state index in [0.717, 1.165) is 12.3 Å². The highest BCUT2D eigenvalue weighted by molar-refractivity contribution is 5.27. The lowest BCUT2D eigenvalue weighted by atomic mass is 10.2. The van der Waals surface area contributed by atoms with Crippen molar-refractivity contribution >= 4 is 0 Å². The fourth-order valence-electron chi connectivity index (χ4n) is 1.47. The second kappa shape index (κ2) is 5.26. The van der Waals surface area contributed by atoms with Crippen molar-refractivity contribution in [1.29, 1.82) is 0 Å². The van der Waals surface area contributed by atoms with Gasteiger partial charge in [0.2, 0.25) is 0 Å². The number of aryl methyl sites for hydroxylation is 1. The third-order valence-corrected chi connectivity index (χ3v) is 2.27. The molecular formula is C13H15N2O+. The van der Waals surface area contributed by atoms with Crippen LogP contribution in [0.4, 0.5) is 0 Å². The summed E-state index contributed by atoms with van der Waals surface area (Å²) in [5.41, 5.74) is 1.21. The average molecular weight is 215 g/mol. The third-order valence-electron chi connectivity index (χ3n) is 2.27. The van der Waals surface area contributed by atoms with E-state index in [0.29, 0.717) is 6.61 Å². The van der Waals surface area contributed by atoms with Crippen LogP contribution in [-0.2, 0) is 6.54 Å². The standard InChI is InChI=1S/C13H15N2O/c1-12-4-2-5-13(10-12)16-9-8-15-7-3-6-14-11-15/h2-7,10-11H,8-9H2,1H3/q+1. The predicted octanol–water partition coefficient (Wildman–Crippen LogP) is 1.76. The first-order valence-corrected chi connectivity index (χ1v) is 5.33. The quantitative estimate of drug-likeness (QED) is 0.726. The molecule has 0 atom stereocenters. The van der Waals surface area contributed by atoms with Gasteiger partial charge in [-0.15, -0.1) is 0 Å². The average Bonchev–Trinajstić information content (AvgIpc) is 2.30. The number of rotatable bonds is 4. The van der Waals surface area contributed by atoms with Crippen LogP contribution >= 0.6 is 0 Å². The van der Waals surface area contributed by atoms with Gasteiger partial charge in [-0.3, -0.25) is 0 Å². The lowest BCUT2D eigenvalue weighted by Gasteiger charge is -2.05. The summed E-state index contributed by atoms with van der Waals surface area (Å²) in [5.74, 6) is 0.921. The molecule has 0 aliphatic heterocycles. The van der Waals surface area contributed by atoms with Crippen LogP contribution in [-0.4, -0.2) is 11.6 Å². The van der Waals surface area contributed by atoms with Gasteiger partial charge in [0.1, 0.15) is 25.1 Å². The molecule has 0 aliphatic carbocycles. The molecule has 2 aromatic rings. The van der Waals surface area contributed by atoms with Crippen molar-refractivity contribution in [3.05, 3.63) is 54.6 Å². The van der Waals surface area contributed by atoms with Gasteiger partial charge in [-0.2, -0.15) is 0 Å². The molecule has 0 fully saturated rings. The Kier molecular flexibility index (Phi) is 3.49. The molecule has 0 N–H and O–H groups in total. The van der Waals surface area contributed by atoms with Crippen LogP contribution in [0, 0.1) is 6.92 Å². The SMILES string of the molecule is Cc1cccc(OCC[n+]2cccnc2)c1. The normalized spacial score (nSPS) is 10.1. The van der Waals surface area contributed by atoms with Crippen molar-refractivity contribution < 1.29 is 9.30 Å². The van der Waals surface area contributed by atoms with Crippen molar-refractivity contribution in [3.63, 3.8) is 0 Å². The van der Waals surface area contributed by atoms with Gasteiger partial charge in [-0.25, -0.2) is 4.57 Å². The van der Waals surface area contributed by atoms with Gasteiger partial charge >= 0.3 is 0 Å². The second-order valence-electron chi connectivity index (χ2n) is 3.66. The van der Waals surface area contributed by atoms with Crippen molar-refractivity contribution in [2.75, 3.05) is 6.61 Å². The lowest BCUT2D eigenvalue weighted by Crippen LogP contribution is -2.36. The van der Waals surface area contributed by atoms with Crippen molar-refractivity contribution in [3.8, 4) is 5.75 Å². The Labute approximate surface area is 95.3 Å². The van der Waals surface area contributed by atoms with Gasteiger partial charge in [-0.1, -0.05) is 17.1 Å². The van der Waals surface area contributed by atoms with Gasteiger partial charge in [0.05, 0.1) is 6.20 Å². The molecule has 0 radical (unpaired) electrons. The van der Waals surface area contributed by atoms with Crippen LogP contribution in [0.3, 0.4) is 0 Å². The van der Waals surface area contributed by atoms with Crippen LogP contribution in [0.15, 0.2) is 49.1 Å². The fourth-order valence-corrected chi connectivity index (χ4v) is 1.47. The third kappa shape index (κ3) is 3.05. The first-order chi connectivity index (χ1) is 7.84. The summed E-state index contributed by atoms with van der Waals surface area (Å²) in [6.07, 6.45) is 5.53. The zero-order valence-corrected chi connectivity index (χ0v) is 9.34. The zero-order chi connectivity index (χ0) is 11.2. The number of ether oxygens (including phenoxy) is 1. The highest BCUT2D eigenvalue weighted by Crippen LogP contribution is 2.11. The van der Waals surface area contributed by atoms with E-state index in [1.165, 1.54) is 5.56 Å². The number of hydrogen-bond donors (Lipinski definition) is 0. The zero-order valence-electron chi connectivity index (χ0n) is 9.34. The van der Waals surface area contributed by atoms with Gasteiger partial charge < -0.3 is 4.74 Å². The van der Waals surface area contributed by atoms with Crippen molar-refractivity contribution in [2.24, 2.45) is 0 Å². The maximum atomic E-state index is 5.64. The van der Waals surface area contributed by atoms with Gasteiger partial charge in [-0.05, 0) is 24.6 Å². The molecule has 0 aliphatic rings. The summed E-state index contributed by atoms with van der Waals surface area (Å²) >= 11 is 0. The van der Waals surface area contributed by atoms with E-state index in [1.807, 2.05) is 35.0 Å². The summed E-state index contributed by atoms with van der Waals surface area (Å²) in [4.78, 5) is 4.03. The molecule has 16 heavy (non-hydrogen) atoms. The monoisotopic (exact) mass is 215 g/mol. The van der Waals surface area contributed by atoms with Crippen LogP contribution in [0.1, 0.15) is 5.56 Å². The molecule has 2 rings (SSSR count). The number of aromatic nitrogens is 2. The van der Waals surface area contributed by atoms with E-state index in [1.54, 1.807) is 12.5 Å². The van der Waals surface area contributed by atoms with Gasteiger partial charge in [0.15, 0.2) is 0 Å². The Hall–Kier alpha value is -1.90. The Morgan fingerprint density at radius 3 is 3.00 bits per heavy atom. The van der Waals surface area contributed by atoms with Crippen LogP contribution < -0.4 is 9.30 Å². The maximum absolute atomic E-state index is 5.64. The minimum Gasteiger partial charge on any atom is -0.489 e. The van der Waals surface area contributed by atoms with Crippen molar-refractivity contribution in [2.45, 2.75) is 13.5 Å². The molecular weight excluding hydrogens is 200 g/mol. The van der Waals surface area contributed by atoms with E-state index in [2.05, 4.69) is 18.0 Å². The Balaban J connectivity index is 1.85. The maximum Gasteiger partial charge on any atom is 0.286 e. The molecule has 1 heterocycles. The lowest BCUT2D eigenvalue weighted by molar-refractivity contribution is -0.700. The molecule has 0 saturated heterocycles. The minimum absolute atomic E-state index is 0.653. The summed E-state index contributed by atoms with van der Waals surface area (Å²) in [7, 11) is 0. The first-order valence-electron chi connectivity index (χ1n) is 5.33. The highest BCUT2D eigenvalue weighted by Gasteiger charge is 1.97. The molecule has 0 amide bonds. The Morgan fingerprint density at radius 1 is 1.31 bits per heavy atom. The topological polar surface area (TPSA) is 26.0 Å². The van der Waals surface area contributed by atoms with Crippen LogP contribution in [0.25, 0.3) is 0 Å². The number of nitrogens with zero attached hydrogens (tertiary/aromatic N) is 2. The molecule has 0 bridgehead atoms. The van der Waals surface area contributed by atoms with E-state index in [-0.39, 0.29) is 0 Å². The van der Waals surface area contributed by atoms with Crippen LogP contribution in [0.5, 0.6) is 5.75 Å². The van der Waals surface area contributed by atoms with E-state index >= 15 is 0 Å². The molecule has 3 heteroatoms.